The second kappa shape index (κ2) is 4.46. The van der Waals surface area contributed by atoms with Gasteiger partial charge in [0.25, 0.3) is 0 Å². The Morgan fingerprint density at radius 3 is 2.11 bits per heavy atom. The molecular weight excluding hydrogens is 220 g/mol. The van der Waals surface area contributed by atoms with Crippen molar-refractivity contribution in [3.8, 4) is 0 Å². The predicted molar refractivity (Wildman–Crippen MR) is 75.4 cm³/mol. The lowest BCUT2D eigenvalue weighted by atomic mass is 10.1. The zero-order valence-electron chi connectivity index (χ0n) is 10.6. The zero-order chi connectivity index (χ0) is 12.5. The number of hydrogen-bond acceptors (Lipinski definition) is 2. The second-order valence-electron chi connectivity index (χ2n) is 4.97. The van der Waals surface area contributed by atoms with Crippen LogP contribution < -0.4 is 10.6 Å². The smallest absolute Gasteiger partial charge is 0.0436 e. The summed E-state index contributed by atoms with van der Waals surface area (Å²) in [5.41, 5.74) is 11.4. The van der Waals surface area contributed by atoms with Crippen LogP contribution >= 0.6 is 0 Å². The molecule has 2 aromatic carbocycles. The first-order valence-corrected chi connectivity index (χ1v) is 6.42. The van der Waals surface area contributed by atoms with Crippen LogP contribution in [0.1, 0.15) is 29.7 Å². The van der Waals surface area contributed by atoms with E-state index in [0.29, 0.717) is 0 Å². The molecule has 0 radical (unpaired) electrons. The molecule has 0 spiro atoms. The molecule has 3 rings (SSSR count). The number of anilines is 1. The van der Waals surface area contributed by atoms with Crippen LogP contribution in [0.15, 0.2) is 48.5 Å². The third-order valence-corrected chi connectivity index (χ3v) is 3.61. The largest absolute Gasteiger partial charge is 0.363 e. The van der Waals surface area contributed by atoms with Gasteiger partial charge >= 0.3 is 0 Å². The maximum Gasteiger partial charge on any atom is 0.0436 e. The number of hydrogen-bond donors (Lipinski definition) is 1. The van der Waals surface area contributed by atoms with E-state index in [0.717, 1.165) is 13.1 Å². The SMILES string of the molecule is C[C@H](N)c1ccccc1N1Cc2ccccc2C1. The fourth-order valence-electron chi connectivity index (χ4n) is 2.66. The summed E-state index contributed by atoms with van der Waals surface area (Å²) in [6.45, 7) is 4.02. The molecule has 1 aliphatic heterocycles. The summed E-state index contributed by atoms with van der Waals surface area (Å²) in [4.78, 5) is 2.41. The zero-order valence-corrected chi connectivity index (χ0v) is 10.6. The van der Waals surface area contributed by atoms with E-state index in [4.69, 9.17) is 5.73 Å². The molecule has 0 aliphatic carbocycles. The maximum atomic E-state index is 6.06. The molecule has 0 saturated carbocycles. The van der Waals surface area contributed by atoms with E-state index in [1.54, 1.807) is 0 Å². The van der Waals surface area contributed by atoms with E-state index < -0.39 is 0 Å². The number of benzene rings is 2. The van der Waals surface area contributed by atoms with Crippen molar-refractivity contribution in [2.45, 2.75) is 26.1 Å². The highest BCUT2D eigenvalue weighted by atomic mass is 15.1. The standard InChI is InChI=1S/C16H18N2/c1-12(17)15-8-4-5-9-16(15)18-10-13-6-2-3-7-14(13)11-18/h2-9,12H,10-11,17H2,1H3/t12-/m0/s1. The maximum absolute atomic E-state index is 6.06. The first-order chi connectivity index (χ1) is 8.75. The van der Waals surface area contributed by atoms with E-state index in [-0.39, 0.29) is 6.04 Å². The summed E-state index contributed by atoms with van der Waals surface area (Å²) < 4.78 is 0. The first kappa shape index (κ1) is 11.3. The molecule has 92 valence electrons. The summed E-state index contributed by atoms with van der Waals surface area (Å²) in [7, 11) is 0. The van der Waals surface area contributed by atoms with Gasteiger partial charge in [-0.05, 0) is 29.7 Å². The summed E-state index contributed by atoms with van der Waals surface area (Å²) in [6, 6.07) is 17.2. The van der Waals surface area contributed by atoms with Gasteiger partial charge in [0.15, 0.2) is 0 Å². The van der Waals surface area contributed by atoms with E-state index in [1.807, 2.05) is 6.92 Å². The molecule has 18 heavy (non-hydrogen) atoms. The molecule has 2 aromatic rings. The molecule has 0 bridgehead atoms. The summed E-state index contributed by atoms with van der Waals surface area (Å²) >= 11 is 0. The molecule has 1 heterocycles. The van der Waals surface area contributed by atoms with Crippen LogP contribution in [0.5, 0.6) is 0 Å². The highest BCUT2D eigenvalue weighted by molar-refractivity contribution is 5.58. The van der Waals surface area contributed by atoms with Gasteiger partial charge in [-0.15, -0.1) is 0 Å². The second-order valence-corrected chi connectivity index (χ2v) is 4.97. The van der Waals surface area contributed by atoms with Crippen molar-refractivity contribution < 1.29 is 0 Å². The van der Waals surface area contributed by atoms with Gasteiger partial charge in [0.2, 0.25) is 0 Å². The molecule has 2 heteroatoms. The van der Waals surface area contributed by atoms with E-state index in [2.05, 4.69) is 53.4 Å². The molecular formula is C16H18N2. The molecule has 0 fully saturated rings. The average molecular weight is 238 g/mol. The van der Waals surface area contributed by atoms with Crippen LogP contribution in [-0.2, 0) is 13.1 Å². The van der Waals surface area contributed by atoms with Crippen molar-refractivity contribution >= 4 is 5.69 Å². The number of nitrogens with two attached hydrogens (primary N) is 1. The molecule has 0 unspecified atom stereocenters. The number of rotatable bonds is 2. The van der Waals surface area contributed by atoms with Gasteiger partial charge < -0.3 is 10.6 Å². The van der Waals surface area contributed by atoms with Crippen molar-refractivity contribution in [3.05, 3.63) is 65.2 Å². The molecule has 0 aromatic heterocycles. The van der Waals surface area contributed by atoms with Crippen LogP contribution in [0.3, 0.4) is 0 Å². The Morgan fingerprint density at radius 1 is 0.944 bits per heavy atom. The third kappa shape index (κ3) is 1.89. The average Bonchev–Trinajstić information content (AvgIpc) is 2.82. The van der Waals surface area contributed by atoms with E-state index >= 15 is 0 Å². The Balaban J connectivity index is 1.95. The lowest BCUT2D eigenvalue weighted by Crippen LogP contribution is -2.18. The molecule has 1 atom stereocenters. The predicted octanol–water partition coefficient (Wildman–Crippen LogP) is 3.23. The Hall–Kier alpha value is -1.80. The summed E-state index contributed by atoms with van der Waals surface area (Å²) in [6.07, 6.45) is 0. The summed E-state index contributed by atoms with van der Waals surface area (Å²) in [5.74, 6) is 0. The highest BCUT2D eigenvalue weighted by Crippen LogP contribution is 2.32. The van der Waals surface area contributed by atoms with Crippen LogP contribution in [0, 0.1) is 0 Å². The Morgan fingerprint density at radius 2 is 1.50 bits per heavy atom. The highest BCUT2D eigenvalue weighted by Gasteiger charge is 2.21. The van der Waals surface area contributed by atoms with Crippen LogP contribution in [0.4, 0.5) is 5.69 Å². The number of para-hydroxylation sites is 1. The summed E-state index contributed by atoms with van der Waals surface area (Å²) in [5, 5.41) is 0. The molecule has 2 N–H and O–H groups in total. The first-order valence-electron chi connectivity index (χ1n) is 6.42. The normalized spacial score (nSPS) is 15.6. The van der Waals surface area contributed by atoms with Gasteiger partial charge in [0.05, 0.1) is 0 Å². The van der Waals surface area contributed by atoms with Gasteiger partial charge in [0.1, 0.15) is 0 Å². The van der Waals surface area contributed by atoms with Crippen molar-refractivity contribution in [2.24, 2.45) is 5.73 Å². The minimum atomic E-state index is 0.0740. The topological polar surface area (TPSA) is 29.3 Å². The minimum Gasteiger partial charge on any atom is -0.363 e. The van der Waals surface area contributed by atoms with Crippen LogP contribution in [0.25, 0.3) is 0 Å². The fraction of sp³-hybridized carbons (Fsp3) is 0.250. The Labute approximate surface area is 108 Å². The van der Waals surface area contributed by atoms with Gasteiger partial charge in [-0.3, -0.25) is 0 Å². The van der Waals surface area contributed by atoms with Crippen molar-refractivity contribution in [1.82, 2.24) is 0 Å². The van der Waals surface area contributed by atoms with Crippen molar-refractivity contribution in [1.29, 1.82) is 0 Å². The Bertz CT molecular complexity index is 536. The number of nitrogens with zero attached hydrogens (tertiary/aromatic N) is 1. The quantitative estimate of drug-likeness (QED) is 0.870. The van der Waals surface area contributed by atoms with Crippen molar-refractivity contribution in [3.63, 3.8) is 0 Å². The lowest BCUT2D eigenvalue weighted by molar-refractivity contribution is 0.791. The fourth-order valence-corrected chi connectivity index (χ4v) is 2.66. The molecule has 0 saturated heterocycles. The number of fused-ring (bicyclic) bond motifs is 1. The molecule has 1 aliphatic rings. The van der Waals surface area contributed by atoms with Crippen LogP contribution in [0.2, 0.25) is 0 Å². The Kier molecular flexibility index (Phi) is 2.80. The molecule has 2 nitrogen and oxygen atoms in total. The van der Waals surface area contributed by atoms with Crippen molar-refractivity contribution in [2.75, 3.05) is 4.90 Å². The minimum absolute atomic E-state index is 0.0740. The van der Waals surface area contributed by atoms with Gasteiger partial charge in [-0.1, -0.05) is 42.5 Å². The van der Waals surface area contributed by atoms with Gasteiger partial charge in [-0.2, -0.15) is 0 Å². The van der Waals surface area contributed by atoms with Gasteiger partial charge in [0, 0.05) is 24.8 Å². The molecule has 0 amide bonds. The van der Waals surface area contributed by atoms with Crippen LogP contribution in [-0.4, -0.2) is 0 Å². The van der Waals surface area contributed by atoms with Gasteiger partial charge in [-0.25, -0.2) is 0 Å². The van der Waals surface area contributed by atoms with E-state index in [9.17, 15) is 0 Å². The monoisotopic (exact) mass is 238 g/mol. The lowest BCUT2D eigenvalue weighted by Gasteiger charge is -2.23. The third-order valence-electron chi connectivity index (χ3n) is 3.61. The van der Waals surface area contributed by atoms with E-state index in [1.165, 1.54) is 22.4 Å².